The average Bonchev–Trinajstić information content (AvgIpc) is 2.83. The van der Waals surface area contributed by atoms with Gasteiger partial charge in [-0.25, -0.2) is 4.99 Å². The van der Waals surface area contributed by atoms with Crippen molar-refractivity contribution < 1.29 is 0 Å². The van der Waals surface area contributed by atoms with E-state index in [2.05, 4.69) is 53.6 Å². The number of allylic oxidation sites excluding steroid dienone is 3. The van der Waals surface area contributed by atoms with Gasteiger partial charge in [-0.2, -0.15) is 0 Å². The van der Waals surface area contributed by atoms with Crippen LogP contribution in [-0.4, -0.2) is 18.0 Å². The van der Waals surface area contributed by atoms with Crippen LogP contribution in [-0.2, 0) is 0 Å². The quantitative estimate of drug-likeness (QED) is 0.685. The molecule has 0 N–H and O–H groups in total. The van der Waals surface area contributed by atoms with Crippen LogP contribution in [0.1, 0.15) is 12.8 Å². The first kappa shape index (κ1) is 10.8. The molecule has 2 bridgehead atoms. The second-order valence-electron chi connectivity index (χ2n) is 5.27. The number of piperidine rings is 1. The summed E-state index contributed by atoms with van der Waals surface area (Å²) in [6.07, 6.45) is 11.3. The second-order valence-corrected chi connectivity index (χ2v) is 5.27. The zero-order chi connectivity index (χ0) is 12.7. The second kappa shape index (κ2) is 4.23. The Labute approximate surface area is 112 Å². The van der Waals surface area contributed by atoms with E-state index >= 15 is 0 Å². The van der Waals surface area contributed by atoms with E-state index in [1.54, 1.807) is 5.57 Å². The third-order valence-corrected chi connectivity index (χ3v) is 4.08. The Kier molecular flexibility index (Phi) is 2.41. The lowest BCUT2D eigenvalue weighted by Gasteiger charge is -2.27. The maximum atomic E-state index is 4.74. The van der Waals surface area contributed by atoms with Crippen LogP contribution in [0.2, 0.25) is 0 Å². The van der Waals surface area contributed by atoms with Gasteiger partial charge in [0.15, 0.2) is 0 Å². The van der Waals surface area contributed by atoms with Gasteiger partial charge in [0.1, 0.15) is 0 Å². The number of rotatable bonds is 0. The van der Waals surface area contributed by atoms with E-state index in [0.717, 1.165) is 24.1 Å². The maximum absolute atomic E-state index is 4.74. The minimum atomic E-state index is 1.09. The molecule has 4 aliphatic heterocycles. The number of hydrogen-bond donors (Lipinski definition) is 0. The minimum Gasteiger partial charge on any atom is -0.377 e. The van der Waals surface area contributed by atoms with Crippen molar-refractivity contribution in [2.24, 2.45) is 4.99 Å². The Hall–Kier alpha value is -2.09. The molecule has 1 fully saturated rings. The molecule has 0 saturated carbocycles. The molecule has 0 amide bonds. The van der Waals surface area contributed by atoms with Crippen molar-refractivity contribution >= 4 is 5.57 Å². The zero-order valence-corrected chi connectivity index (χ0v) is 10.8. The summed E-state index contributed by atoms with van der Waals surface area (Å²) in [5.74, 6) is 0. The van der Waals surface area contributed by atoms with Gasteiger partial charge in [0.05, 0.1) is 11.1 Å². The molecule has 1 aromatic carbocycles. The molecule has 0 spiro atoms. The highest BCUT2D eigenvalue weighted by Gasteiger charge is 2.14. The van der Waals surface area contributed by atoms with Gasteiger partial charge in [0.25, 0.3) is 0 Å². The fourth-order valence-corrected chi connectivity index (χ4v) is 2.93. The molecular weight excluding hydrogens is 232 g/mol. The van der Waals surface area contributed by atoms with Gasteiger partial charge in [-0.3, -0.25) is 0 Å². The van der Waals surface area contributed by atoms with Gasteiger partial charge >= 0.3 is 0 Å². The van der Waals surface area contributed by atoms with Gasteiger partial charge in [-0.15, -0.1) is 0 Å². The molecule has 0 aromatic heterocycles. The summed E-state index contributed by atoms with van der Waals surface area (Å²) in [6.45, 7) is 2.27. The van der Waals surface area contributed by atoms with Gasteiger partial charge < -0.3 is 4.90 Å². The zero-order valence-electron chi connectivity index (χ0n) is 10.8. The molecule has 5 rings (SSSR count). The van der Waals surface area contributed by atoms with Crippen LogP contribution in [0.15, 0.2) is 65.0 Å². The van der Waals surface area contributed by atoms with Crippen molar-refractivity contribution in [1.82, 2.24) is 4.90 Å². The van der Waals surface area contributed by atoms with Crippen molar-refractivity contribution in [3.8, 4) is 0 Å². The Morgan fingerprint density at radius 3 is 2.74 bits per heavy atom. The van der Waals surface area contributed by atoms with Crippen LogP contribution in [0.4, 0.5) is 0 Å². The molecule has 94 valence electrons. The molecule has 0 radical (unpaired) electrons. The summed E-state index contributed by atoms with van der Waals surface area (Å²) in [6, 6.07) is 8.38. The Balaban J connectivity index is 1.97. The number of benzene rings is 1. The van der Waals surface area contributed by atoms with E-state index in [-0.39, 0.29) is 0 Å². The van der Waals surface area contributed by atoms with E-state index in [0.29, 0.717) is 0 Å². The van der Waals surface area contributed by atoms with Gasteiger partial charge in [-0.1, -0.05) is 29.8 Å². The summed E-state index contributed by atoms with van der Waals surface area (Å²) in [5, 5.41) is 2.34. The highest BCUT2D eigenvalue weighted by Crippen LogP contribution is 2.22. The molecule has 2 heteroatoms. The van der Waals surface area contributed by atoms with Crippen LogP contribution >= 0.6 is 0 Å². The monoisotopic (exact) mass is 248 g/mol. The molecule has 19 heavy (non-hydrogen) atoms. The predicted octanol–water partition coefficient (Wildman–Crippen LogP) is 1.90. The fourth-order valence-electron chi connectivity index (χ4n) is 2.93. The first-order valence-corrected chi connectivity index (χ1v) is 6.91. The summed E-state index contributed by atoms with van der Waals surface area (Å²) in [5.41, 5.74) is 3.89. The van der Waals surface area contributed by atoms with E-state index < -0.39 is 0 Å². The summed E-state index contributed by atoms with van der Waals surface area (Å²) < 4.78 is 0. The normalized spacial score (nSPS) is 20.4. The first-order valence-electron chi connectivity index (χ1n) is 6.91. The molecule has 2 nitrogen and oxygen atoms in total. The van der Waals surface area contributed by atoms with E-state index in [1.165, 1.54) is 23.6 Å². The largest absolute Gasteiger partial charge is 0.377 e. The van der Waals surface area contributed by atoms with Crippen LogP contribution in [0.5, 0.6) is 0 Å². The summed E-state index contributed by atoms with van der Waals surface area (Å²) in [4.78, 5) is 7.15. The molecule has 0 atom stereocenters. The number of fused-ring (bicyclic) bond motifs is 4. The lowest BCUT2D eigenvalue weighted by molar-refractivity contribution is 0.350. The molecule has 0 aliphatic carbocycles. The minimum absolute atomic E-state index is 1.09. The third kappa shape index (κ3) is 1.84. The first-order chi connectivity index (χ1) is 9.40. The topological polar surface area (TPSA) is 15.6 Å². The van der Waals surface area contributed by atoms with Crippen LogP contribution in [0.3, 0.4) is 0 Å². The van der Waals surface area contributed by atoms with Gasteiger partial charge in [0, 0.05) is 23.9 Å². The number of nitrogens with zero attached hydrogens (tertiary/aromatic N) is 2. The lowest BCUT2D eigenvalue weighted by Crippen LogP contribution is -2.26. The van der Waals surface area contributed by atoms with Gasteiger partial charge in [0.2, 0.25) is 0 Å². The van der Waals surface area contributed by atoms with Crippen molar-refractivity contribution in [3.05, 3.63) is 70.5 Å². The summed E-state index contributed by atoms with van der Waals surface area (Å²) in [7, 11) is 0. The Morgan fingerprint density at radius 2 is 1.84 bits per heavy atom. The van der Waals surface area contributed by atoms with Gasteiger partial charge in [-0.05, 0) is 37.3 Å². The maximum Gasteiger partial charge on any atom is 0.0716 e. The van der Waals surface area contributed by atoms with Crippen molar-refractivity contribution in [1.29, 1.82) is 0 Å². The highest BCUT2D eigenvalue weighted by molar-refractivity contribution is 5.74. The predicted molar refractivity (Wildman–Crippen MR) is 76.7 cm³/mol. The standard InChI is InChI=1S/C17H16N2/c1-2-4-16-14(3-1)15-9-12-19-10-7-13(8-11-19)5-6-17(15)18-16/h1-6,9,12H,7-8,10-11H2. The molecule has 1 aromatic rings. The number of para-hydroxylation sites is 1. The van der Waals surface area contributed by atoms with Crippen LogP contribution < -0.4 is 10.6 Å². The van der Waals surface area contributed by atoms with Crippen molar-refractivity contribution in [3.63, 3.8) is 0 Å². The number of hydrogen-bond acceptors (Lipinski definition) is 2. The fraction of sp³-hybridized carbons (Fsp3) is 0.235. The van der Waals surface area contributed by atoms with E-state index in [1.807, 2.05) is 0 Å². The third-order valence-electron chi connectivity index (χ3n) is 4.08. The molecule has 1 saturated heterocycles. The molecule has 0 unspecified atom stereocenters. The molecule has 4 heterocycles. The highest BCUT2D eigenvalue weighted by atomic mass is 15.1. The van der Waals surface area contributed by atoms with E-state index in [9.17, 15) is 0 Å². The van der Waals surface area contributed by atoms with E-state index in [4.69, 9.17) is 4.99 Å². The lowest BCUT2D eigenvalue weighted by atomic mass is 10.0. The Morgan fingerprint density at radius 1 is 1.00 bits per heavy atom. The average molecular weight is 248 g/mol. The molecule has 4 aliphatic rings. The van der Waals surface area contributed by atoms with Crippen LogP contribution in [0.25, 0.3) is 5.57 Å². The van der Waals surface area contributed by atoms with Crippen LogP contribution in [0, 0.1) is 0 Å². The Bertz CT molecular complexity index is 725. The molecular formula is C17H16N2. The van der Waals surface area contributed by atoms with Crippen molar-refractivity contribution in [2.75, 3.05) is 13.1 Å². The van der Waals surface area contributed by atoms with Crippen molar-refractivity contribution in [2.45, 2.75) is 12.8 Å². The summed E-state index contributed by atoms with van der Waals surface area (Å²) >= 11 is 0. The SMILES string of the molecule is C1=CN2CCC(=CC=C3N=c4ccccc4=C13)CC2. The smallest absolute Gasteiger partial charge is 0.0716 e.